The summed E-state index contributed by atoms with van der Waals surface area (Å²) in [6, 6.07) is 10.9. The second-order valence-corrected chi connectivity index (χ2v) is 5.89. The van der Waals surface area contributed by atoms with Crippen molar-refractivity contribution < 1.29 is 14.0 Å². The first-order chi connectivity index (χ1) is 13.5. The molecule has 4 rings (SSSR count). The van der Waals surface area contributed by atoms with Crippen LogP contribution in [0.3, 0.4) is 0 Å². The van der Waals surface area contributed by atoms with Crippen molar-refractivity contribution in [2.24, 2.45) is 0 Å². The maximum Gasteiger partial charge on any atom is 0.287 e. The molecule has 0 spiro atoms. The molecule has 140 valence electrons. The Balaban J connectivity index is 1.50. The Morgan fingerprint density at radius 2 is 1.86 bits per heavy atom. The Labute approximate surface area is 157 Å². The minimum Gasteiger partial charge on any atom is -0.442 e. The van der Waals surface area contributed by atoms with E-state index >= 15 is 0 Å². The van der Waals surface area contributed by atoms with Gasteiger partial charge in [0.05, 0.1) is 17.6 Å². The lowest BCUT2D eigenvalue weighted by atomic mass is 10.1. The van der Waals surface area contributed by atoms with Gasteiger partial charge in [-0.1, -0.05) is 30.3 Å². The van der Waals surface area contributed by atoms with Crippen LogP contribution in [0.5, 0.6) is 0 Å². The highest BCUT2D eigenvalue weighted by Gasteiger charge is 2.22. The predicted molar refractivity (Wildman–Crippen MR) is 98.3 cm³/mol. The minimum absolute atomic E-state index is 0.000708. The second-order valence-electron chi connectivity index (χ2n) is 5.89. The Hall–Kier alpha value is -4.21. The third kappa shape index (κ3) is 3.03. The van der Waals surface area contributed by atoms with Crippen molar-refractivity contribution in [2.75, 3.05) is 0 Å². The first kappa shape index (κ1) is 17.2. The zero-order chi connectivity index (χ0) is 19.7. The van der Waals surface area contributed by atoms with E-state index in [9.17, 15) is 14.4 Å². The predicted octanol–water partition coefficient (Wildman–Crippen LogP) is 1.29. The molecule has 3 aromatic heterocycles. The molecule has 1 aromatic carbocycles. The fourth-order valence-corrected chi connectivity index (χ4v) is 2.76. The van der Waals surface area contributed by atoms with Crippen LogP contribution in [0.2, 0.25) is 0 Å². The second kappa shape index (κ2) is 6.83. The van der Waals surface area contributed by atoms with Crippen LogP contribution in [-0.2, 0) is 0 Å². The standard InChI is InChI=1S/C18H14N6O4/c1-9-13(14-16(26)19-8-20-18(14)28-9)17(27)24-23-15(25)12-7-11(21-22-12)10-5-3-2-4-6-10/h2-8H,1H3,(H,21,22)(H,23,25)(H,24,27)(H,19,20,26). The lowest BCUT2D eigenvalue weighted by Crippen LogP contribution is -2.42. The Kier molecular flexibility index (Phi) is 4.20. The molecule has 0 saturated heterocycles. The van der Waals surface area contributed by atoms with Crippen LogP contribution in [0.4, 0.5) is 0 Å². The van der Waals surface area contributed by atoms with Crippen LogP contribution in [0.1, 0.15) is 26.6 Å². The number of hydrazine groups is 1. The number of hydrogen-bond acceptors (Lipinski definition) is 6. The molecule has 0 aliphatic rings. The topological polar surface area (TPSA) is 146 Å². The van der Waals surface area contributed by atoms with Gasteiger partial charge >= 0.3 is 0 Å². The lowest BCUT2D eigenvalue weighted by molar-refractivity contribution is 0.0843. The number of benzene rings is 1. The number of nitrogens with zero attached hydrogens (tertiary/aromatic N) is 2. The van der Waals surface area contributed by atoms with E-state index in [1.165, 1.54) is 13.3 Å². The number of carbonyl (C=O) groups is 2. The zero-order valence-corrected chi connectivity index (χ0v) is 14.6. The van der Waals surface area contributed by atoms with Crippen LogP contribution in [0, 0.1) is 6.92 Å². The number of fused-ring (bicyclic) bond motifs is 1. The molecule has 0 unspecified atom stereocenters. The molecule has 0 bridgehead atoms. The van der Waals surface area contributed by atoms with Gasteiger partial charge in [-0.25, -0.2) is 4.98 Å². The van der Waals surface area contributed by atoms with Crippen molar-refractivity contribution in [2.45, 2.75) is 6.92 Å². The Bertz CT molecular complexity index is 1240. The van der Waals surface area contributed by atoms with Crippen molar-refractivity contribution in [1.29, 1.82) is 0 Å². The normalized spacial score (nSPS) is 10.8. The first-order valence-electron chi connectivity index (χ1n) is 8.23. The summed E-state index contributed by atoms with van der Waals surface area (Å²) in [5, 5.41) is 6.71. The van der Waals surface area contributed by atoms with E-state index in [1.807, 2.05) is 30.3 Å². The smallest absolute Gasteiger partial charge is 0.287 e. The number of aryl methyl sites for hydroxylation is 1. The number of aromatic nitrogens is 4. The summed E-state index contributed by atoms with van der Waals surface area (Å²) in [4.78, 5) is 43.0. The summed E-state index contributed by atoms with van der Waals surface area (Å²) in [6.07, 6.45) is 1.18. The summed E-state index contributed by atoms with van der Waals surface area (Å²) < 4.78 is 5.32. The maximum absolute atomic E-state index is 12.5. The van der Waals surface area contributed by atoms with Crippen molar-refractivity contribution in [3.63, 3.8) is 0 Å². The number of hydrogen-bond donors (Lipinski definition) is 4. The molecule has 10 heteroatoms. The summed E-state index contributed by atoms with van der Waals surface area (Å²) >= 11 is 0. The van der Waals surface area contributed by atoms with Gasteiger partial charge in [-0.15, -0.1) is 0 Å². The first-order valence-corrected chi connectivity index (χ1v) is 8.23. The number of H-pyrrole nitrogens is 2. The van der Waals surface area contributed by atoms with Crippen molar-refractivity contribution in [1.82, 2.24) is 31.0 Å². The molecule has 3 heterocycles. The van der Waals surface area contributed by atoms with Gasteiger partial charge in [-0.2, -0.15) is 5.10 Å². The average Bonchev–Trinajstić information content (AvgIpc) is 3.32. The van der Waals surface area contributed by atoms with Crippen LogP contribution in [0.15, 0.2) is 51.9 Å². The van der Waals surface area contributed by atoms with Gasteiger partial charge in [0.2, 0.25) is 5.71 Å². The van der Waals surface area contributed by atoms with E-state index in [0.717, 1.165) is 5.56 Å². The summed E-state index contributed by atoms with van der Waals surface area (Å²) in [7, 11) is 0. The lowest BCUT2D eigenvalue weighted by Gasteiger charge is -2.05. The minimum atomic E-state index is -0.703. The third-order valence-electron chi connectivity index (χ3n) is 4.08. The van der Waals surface area contributed by atoms with Gasteiger partial charge in [0.15, 0.2) is 0 Å². The van der Waals surface area contributed by atoms with Crippen LogP contribution < -0.4 is 16.4 Å². The van der Waals surface area contributed by atoms with E-state index in [4.69, 9.17) is 4.42 Å². The van der Waals surface area contributed by atoms with Crippen molar-refractivity contribution in [3.8, 4) is 11.3 Å². The number of rotatable bonds is 3. The number of aromatic amines is 2. The van der Waals surface area contributed by atoms with E-state index in [0.29, 0.717) is 5.69 Å². The highest BCUT2D eigenvalue weighted by Crippen LogP contribution is 2.20. The molecule has 0 fully saturated rings. The van der Waals surface area contributed by atoms with Crippen molar-refractivity contribution in [3.05, 3.63) is 70.1 Å². The van der Waals surface area contributed by atoms with Crippen LogP contribution in [0.25, 0.3) is 22.4 Å². The van der Waals surface area contributed by atoms with Crippen LogP contribution >= 0.6 is 0 Å². The average molecular weight is 378 g/mol. The molecular formula is C18H14N6O4. The van der Waals surface area contributed by atoms with Gasteiger partial charge in [0.25, 0.3) is 17.4 Å². The molecule has 4 N–H and O–H groups in total. The van der Waals surface area contributed by atoms with Crippen molar-refractivity contribution >= 4 is 22.9 Å². The number of carbonyl (C=O) groups excluding carboxylic acids is 2. The van der Waals surface area contributed by atoms with Gasteiger partial charge in [-0.05, 0) is 13.0 Å². The van der Waals surface area contributed by atoms with E-state index in [2.05, 4.69) is 31.0 Å². The van der Waals surface area contributed by atoms with E-state index < -0.39 is 17.4 Å². The fourth-order valence-electron chi connectivity index (χ4n) is 2.76. The summed E-state index contributed by atoms with van der Waals surface area (Å²) in [6.45, 7) is 1.53. The number of amides is 2. The molecular weight excluding hydrogens is 364 g/mol. The highest BCUT2D eigenvalue weighted by atomic mass is 16.3. The van der Waals surface area contributed by atoms with Gasteiger partial charge in [0, 0.05) is 5.56 Å². The molecule has 0 saturated carbocycles. The van der Waals surface area contributed by atoms with E-state index in [1.54, 1.807) is 6.07 Å². The summed E-state index contributed by atoms with van der Waals surface area (Å²) in [5.41, 5.74) is 5.66. The SMILES string of the molecule is Cc1oc2nc[nH]c(=O)c2c1C(=O)NNC(=O)c1cc(-c2ccccc2)n[nH]1. The van der Waals surface area contributed by atoms with Gasteiger partial charge < -0.3 is 9.40 Å². The largest absolute Gasteiger partial charge is 0.442 e. The van der Waals surface area contributed by atoms with Gasteiger partial charge in [-0.3, -0.25) is 30.3 Å². The highest BCUT2D eigenvalue weighted by molar-refractivity contribution is 6.07. The third-order valence-corrected chi connectivity index (χ3v) is 4.08. The molecule has 4 aromatic rings. The number of nitrogens with one attached hydrogen (secondary N) is 4. The summed E-state index contributed by atoms with van der Waals surface area (Å²) in [5.74, 6) is -1.09. The van der Waals surface area contributed by atoms with Gasteiger partial charge in [0.1, 0.15) is 16.8 Å². The molecule has 2 amide bonds. The Morgan fingerprint density at radius 3 is 2.64 bits per heavy atom. The zero-order valence-electron chi connectivity index (χ0n) is 14.6. The van der Waals surface area contributed by atoms with Crippen LogP contribution in [-0.4, -0.2) is 32.0 Å². The molecule has 10 nitrogen and oxygen atoms in total. The quantitative estimate of drug-likeness (QED) is 0.395. The maximum atomic E-state index is 12.5. The number of furan rings is 1. The molecule has 0 aliphatic heterocycles. The Morgan fingerprint density at radius 1 is 1.11 bits per heavy atom. The monoisotopic (exact) mass is 378 g/mol. The fraction of sp³-hybridized carbons (Fsp3) is 0.0556. The molecule has 28 heavy (non-hydrogen) atoms. The molecule has 0 radical (unpaired) electrons. The van der Waals surface area contributed by atoms with E-state index in [-0.39, 0.29) is 28.1 Å². The molecule has 0 atom stereocenters. The molecule has 0 aliphatic carbocycles.